The molecule has 0 radical (unpaired) electrons. The van der Waals surface area contributed by atoms with E-state index in [4.69, 9.17) is 0 Å². The predicted molar refractivity (Wildman–Crippen MR) is 473 cm³/mol. The van der Waals surface area contributed by atoms with Crippen LogP contribution in [0.15, 0.2) is 388 Å². The van der Waals surface area contributed by atoms with Crippen LogP contribution in [0.4, 0.5) is 0 Å². The Hall–Kier alpha value is -13.3. The first kappa shape index (κ1) is 66.9. The Morgan fingerprint density at radius 3 is 0.661 bits per heavy atom. The zero-order valence-corrected chi connectivity index (χ0v) is 62.8. The summed E-state index contributed by atoms with van der Waals surface area (Å²) in [5, 5.41) is 10.3. The molecule has 0 bridgehead atoms. The van der Waals surface area contributed by atoms with Gasteiger partial charge in [0.25, 0.3) is 0 Å². The third-order valence-electron chi connectivity index (χ3n) is 25.2. The third kappa shape index (κ3) is 11.4. The summed E-state index contributed by atoms with van der Waals surface area (Å²) in [5.74, 6) is 0. The quantitative estimate of drug-likeness (QED) is 0.116. The van der Waals surface area contributed by atoms with Gasteiger partial charge in [0.1, 0.15) is 0 Å². The number of fused-ring (bicyclic) bond motifs is 12. The van der Waals surface area contributed by atoms with Crippen molar-refractivity contribution in [3.63, 3.8) is 0 Å². The number of nitrogens with zero attached hydrogens (tertiary/aromatic N) is 4. The van der Waals surface area contributed by atoms with E-state index in [-0.39, 0.29) is 10.8 Å². The van der Waals surface area contributed by atoms with E-state index >= 15 is 0 Å². The molecule has 0 amide bonds. The highest BCUT2D eigenvalue weighted by molar-refractivity contribution is 6.14. The van der Waals surface area contributed by atoms with E-state index in [0.717, 1.165) is 0 Å². The van der Waals surface area contributed by atoms with E-state index in [1.165, 1.54) is 241 Å². The van der Waals surface area contributed by atoms with Crippen LogP contribution >= 0.6 is 0 Å². The highest BCUT2D eigenvalue weighted by atomic mass is 15.0. The first-order chi connectivity index (χ1) is 55.5. The smallest absolute Gasteiger partial charge is 0.0547 e. The van der Waals surface area contributed by atoms with Crippen LogP contribution in [-0.4, -0.2) is 18.3 Å². The number of rotatable bonds is 12. The largest absolute Gasteiger partial charge is 0.309 e. The van der Waals surface area contributed by atoms with Gasteiger partial charge in [-0.15, -0.1) is 0 Å². The fraction of sp³-hybridized carbons (Fsp3) is 0.111. The third-order valence-corrected chi connectivity index (χ3v) is 25.2. The topological polar surface area (TPSA) is 19.7 Å². The highest BCUT2D eigenvalue weighted by Crippen LogP contribution is 2.49. The normalized spacial score (nSPS) is 14.2. The lowest BCUT2D eigenvalue weighted by atomic mass is 9.65. The SMILES string of the molecule is c1ccc(-n2c3ccccc3c3cc(-c4ccc(C5(c6ccc(-c7ccc8c9ccccc9n(-c9ccccc9)c8c7)cc6)CCCCC5)cc4)ccc32)cc1.c1ccc(-n2c3ccccc3c3ccc(-c4ccc(C5(c6ccc(-c7ccc8c9ccccc9n(-c9ccccc9)c8c7)cc6)CCCCC5)cc4)cc32)cc1. The lowest BCUT2D eigenvalue weighted by molar-refractivity contribution is 0.346. The molecule has 4 heterocycles. The molecule has 0 N–H and O–H groups in total. The summed E-state index contributed by atoms with van der Waals surface area (Å²) in [5.41, 5.74) is 30.4. The second-order valence-electron chi connectivity index (χ2n) is 31.3. The number of aromatic nitrogens is 4. The molecule has 0 saturated heterocycles. The molecule has 22 rings (SSSR count). The van der Waals surface area contributed by atoms with E-state index in [0.29, 0.717) is 0 Å². The highest BCUT2D eigenvalue weighted by Gasteiger charge is 2.37. The summed E-state index contributed by atoms with van der Waals surface area (Å²) in [4.78, 5) is 0. The zero-order chi connectivity index (χ0) is 74.1. The molecule has 2 saturated carbocycles. The molecule has 2 aliphatic carbocycles. The van der Waals surface area contributed by atoms with Gasteiger partial charge in [-0.25, -0.2) is 0 Å². The number of para-hydroxylation sites is 8. The lowest BCUT2D eigenvalue weighted by Crippen LogP contribution is -2.30. The second kappa shape index (κ2) is 28.0. The van der Waals surface area contributed by atoms with Crippen molar-refractivity contribution in [2.24, 2.45) is 0 Å². The van der Waals surface area contributed by atoms with Gasteiger partial charge in [0.2, 0.25) is 0 Å². The van der Waals surface area contributed by atoms with Crippen molar-refractivity contribution in [2.45, 2.75) is 75.0 Å². The second-order valence-corrected chi connectivity index (χ2v) is 31.3. The Kier molecular flexibility index (Phi) is 16.7. The average Bonchev–Trinajstić information content (AvgIpc) is 1.57. The van der Waals surface area contributed by atoms with Gasteiger partial charge in [0, 0.05) is 76.7 Å². The Bertz CT molecular complexity index is 6660. The Balaban J connectivity index is 0.000000141. The van der Waals surface area contributed by atoms with Gasteiger partial charge in [-0.2, -0.15) is 0 Å². The summed E-state index contributed by atoms with van der Waals surface area (Å²) in [6.45, 7) is 0. The maximum absolute atomic E-state index is 2.42. The van der Waals surface area contributed by atoms with Crippen molar-refractivity contribution in [3.05, 3.63) is 411 Å². The van der Waals surface area contributed by atoms with E-state index in [9.17, 15) is 0 Å². The van der Waals surface area contributed by atoms with Crippen LogP contribution < -0.4 is 0 Å². The molecule has 4 aromatic heterocycles. The molecule has 4 nitrogen and oxygen atoms in total. The van der Waals surface area contributed by atoms with Crippen molar-refractivity contribution in [3.8, 4) is 67.3 Å². The summed E-state index contributed by atoms with van der Waals surface area (Å²) >= 11 is 0. The Morgan fingerprint density at radius 1 is 0.152 bits per heavy atom. The van der Waals surface area contributed by atoms with Crippen LogP contribution in [0.25, 0.3) is 154 Å². The molecule has 4 heteroatoms. The first-order valence-corrected chi connectivity index (χ1v) is 40.3. The van der Waals surface area contributed by atoms with Crippen LogP contribution in [-0.2, 0) is 10.8 Å². The molecular weight excluding hydrogens is 1350 g/mol. The molecule has 536 valence electrons. The van der Waals surface area contributed by atoms with Gasteiger partial charge in [-0.1, -0.05) is 324 Å². The number of hydrogen-bond donors (Lipinski definition) is 0. The van der Waals surface area contributed by atoms with Crippen LogP contribution in [0, 0.1) is 0 Å². The Morgan fingerprint density at radius 2 is 0.366 bits per heavy atom. The number of benzene rings is 16. The van der Waals surface area contributed by atoms with Crippen LogP contribution in [0.5, 0.6) is 0 Å². The van der Waals surface area contributed by atoms with E-state index in [1.54, 1.807) is 0 Å². The molecular formula is C108H84N4. The van der Waals surface area contributed by atoms with Gasteiger partial charge >= 0.3 is 0 Å². The van der Waals surface area contributed by atoms with Crippen molar-refractivity contribution in [1.29, 1.82) is 0 Å². The minimum absolute atomic E-state index is 0.0166. The molecule has 0 spiro atoms. The van der Waals surface area contributed by atoms with Crippen LogP contribution in [0.2, 0.25) is 0 Å². The molecule has 2 aliphatic rings. The van der Waals surface area contributed by atoms with Crippen molar-refractivity contribution < 1.29 is 0 Å². The summed E-state index contributed by atoms with van der Waals surface area (Å²) < 4.78 is 9.61. The van der Waals surface area contributed by atoms with Crippen molar-refractivity contribution >= 4 is 87.2 Å². The van der Waals surface area contributed by atoms with Crippen LogP contribution in [0.3, 0.4) is 0 Å². The van der Waals surface area contributed by atoms with E-state index in [2.05, 4.69) is 407 Å². The van der Waals surface area contributed by atoms with E-state index < -0.39 is 0 Å². The minimum atomic E-state index is 0.0166. The lowest BCUT2D eigenvalue weighted by Gasteiger charge is -2.39. The molecule has 2 fully saturated rings. The van der Waals surface area contributed by atoms with Gasteiger partial charge in [0.05, 0.1) is 44.1 Å². The minimum Gasteiger partial charge on any atom is -0.309 e. The zero-order valence-electron chi connectivity index (χ0n) is 62.8. The molecule has 0 unspecified atom stereocenters. The maximum atomic E-state index is 2.42. The molecule has 20 aromatic rings. The predicted octanol–water partition coefficient (Wildman–Crippen LogP) is 28.9. The van der Waals surface area contributed by atoms with Gasteiger partial charge in [-0.3, -0.25) is 0 Å². The first-order valence-electron chi connectivity index (χ1n) is 40.3. The summed E-state index contributed by atoms with van der Waals surface area (Å²) in [6, 6.07) is 144. The fourth-order valence-corrected chi connectivity index (χ4v) is 19.7. The maximum Gasteiger partial charge on any atom is 0.0547 e. The fourth-order valence-electron chi connectivity index (χ4n) is 19.7. The summed E-state index contributed by atoms with van der Waals surface area (Å²) in [6.07, 6.45) is 12.4. The van der Waals surface area contributed by atoms with Crippen LogP contribution in [0.1, 0.15) is 86.5 Å². The molecule has 0 aliphatic heterocycles. The van der Waals surface area contributed by atoms with Gasteiger partial charge in [0.15, 0.2) is 0 Å². The monoisotopic (exact) mass is 1440 g/mol. The molecule has 112 heavy (non-hydrogen) atoms. The van der Waals surface area contributed by atoms with Crippen molar-refractivity contribution in [1.82, 2.24) is 18.3 Å². The molecule has 0 atom stereocenters. The number of hydrogen-bond acceptors (Lipinski definition) is 0. The standard InChI is InChI=1S/2C54H42N2/c1-4-14-44(15-5-1)55-51-21-11-9-19-47(51)49-36-40(27-33-52(49)55)38-22-28-42(29-23-38)54(34-12-3-13-35-54)43-30-24-39(25-31-43)41-26-32-48-46-18-8-10-20-50(46)56(53(48)37-41)45-16-6-2-7-17-45;1-4-14-44(15-5-1)55-50-20-10-8-18-46(50)48-32-26-40(36-52(48)55)38-22-28-42(29-23-38)54(34-12-3-13-35-54)43-30-24-39(25-31-43)41-27-33-49-47-19-9-11-21-51(47)56(53(49)37-41)45-16-6-2-7-17-45/h2*1-2,4-11,14-33,36-37H,3,12-13,34-35H2. The summed E-state index contributed by atoms with van der Waals surface area (Å²) in [7, 11) is 0. The average molecular weight is 1440 g/mol. The molecule has 16 aromatic carbocycles. The van der Waals surface area contributed by atoms with Crippen molar-refractivity contribution in [2.75, 3.05) is 0 Å². The Labute approximate surface area is 654 Å². The van der Waals surface area contributed by atoms with E-state index in [1.807, 2.05) is 0 Å². The van der Waals surface area contributed by atoms with Gasteiger partial charge in [-0.05, 0) is 196 Å². The van der Waals surface area contributed by atoms with Gasteiger partial charge < -0.3 is 18.3 Å².